The van der Waals surface area contributed by atoms with Gasteiger partial charge in [0.15, 0.2) is 0 Å². The summed E-state index contributed by atoms with van der Waals surface area (Å²) in [5.74, 6) is 0.398. The first kappa shape index (κ1) is 11.2. The Bertz CT molecular complexity index is 524. The highest BCUT2D eigenvalue weighted by Crippen LogP contribution is 2.24. The number of hydrogen-bond acceptors (Lipinski definition) is 3. The SMILES string of the molecule is COC(=O)C=Cc1ccccc1-c1ccco1. The number of benzene rings is 1. The lowest BCUT2D eigenvalue weighted by atomic mass is 10.1. The first-order chi connectivity index (χ1) is 8.31. The topological polar surface area (TPSA) is 39.4 Å². The second-order valence-electron chi connectivity index (χ2n) is 3.42. The molecule has 0 saturated carbocycles. The van der Waals surface area contributed by atoms with Gasteiger partial charge in [-0.1, -0.05) is 24.3 Å². The van der Waals surface area contributed by atoms with Gasteiger partial charge in [0.25, 0.3) is 0 Å². The molecule has 0 aliphatic heterocycles. The van der Waals surface area contributed by atoms with E-state index in [1.807, 2.05) is 36.4 Å². The number of hydrogen-bond donors (Lipinski definition) is 0. The molecule has 0 unspecified atom stereocenters. The van der Waals surface area contributed by atoms with Crippen LogP contribution >= 0.6 is 0 Å². The van der Waals surface area contributed by atoms with Crippen LogP contribution in [-0.4, -0.2) is 13.1 Å². The van der Waals surface area contributed by atoms with Crippen molar-refractivity contribution in [3.05, 3.63) is 54.3 Å². The van der Waals surface area contributed by atoms with Crippen molar-refractivity contribution in [2.24, 2.45) is 0 Å². The van der Waals surface area contributed by atoms with Gasteiger partial charge in [0.2, 0.25) is 0 Å². The van der Waals surface area contributed by atoms with Crippen LogP contribution in [0.1, 0.15) is 5.56 Å². The van der Waals surface area contributed by atoms with Crippen LogP contribution in [0.2, 0.25) is 0 Å². The molecule has 1 aromatic heterocycles. The molecule has 0 aliphatic rings. The molecule has 0 saturated heterocycles. The van der Waals surface area contributed by atoms with Crippen molar-refractivity contribution < 1.29 is 13.9 Å². The number of methoxy groups -OCH3 is 1. The Morgan fingerprint density at radius 1 is 1.24 bits per heavy atom. The third kappa shape index (κ3) is 2.64. The Morgan fingerprint density at radius 3 is 2.76 bits per heavy atom. The minimum atomic E-state index is -0.376. The fourth-order valence-corrected chi connectivity index (χ4v) is 1.52. The van der Waals surface area contributed by atoms with Gasteiger partial charge in [-0.25, -0.2) is 4.79 Å². The van der Waals surface area contributed by atoms with Gasteiger partial charge in [0.1, 0.15) is 5.76 Å². The van der Waals surface area contributed by atoms with Crippen molar-refractivity contribution in [1.29, 1.82) is 0 Å². The normalized spacial score (nSPS) is 10.6. The predicted molar refractivity (Wildman–Crippen MR) is 65.2 cm³/mol. The lowest BCUT2D eigenvalue weighted by molar-refractivity contribution is -0.134. The molecule has 3 nitrogen and oxygen atoms in total. The minimum Gasteiger partial charge on any atom is -0.466 e. The zero-order chi connectivity index (χ0) is 12.1. The minimum absolute atomic E-state index is 0.376. The summed E-state index contributed by atoms with van der Waals surface area (Å²) in [6.07, 6.45) is 4.72. The number of carbonyl (C=O) groups is 1. The fraction of sp³-hybridized carbons (Fsp3) is 0.0714. The molecule has 0 atom stereocenters. The third-order valence-electron chi connectivity index (χ3n) is 2.35. The van der Waals surface area contributed by atoms with Crippen LogP contribution in [-0.2, 0) is 9.53 Å². The molecule has 2 rings (SSSR count). The highest BCUT2D eigenvalue weighted by molar-refractivity contribution is 5.88. The van der Waals surface area contributed by atoms with Crippen LogP contribution in [0.15, 0.2) is 53.2 Å². The van der Waals surface area contributed by atoms with Gasteiger partial charge in [-0.2, -0.15) is 0 Å². The van der Waals surface area contributed by atoms with Gasteiger partial charge < -0.3 is 9.15 Å². The van der Waals surface area contributed by atoms with E-state index >= 15 is 0 Å². The zero-order valence-electron chi connectivity index (χ0n) is 9.42. The smallest absolute Gasteiger partial charge is 0.330 e. The summed E-state index contributed by atoms with van der Waals surface area (Å²) in [4.78, 5) is 11.1. The van der Waals surface area contributed by atoms with Gasteiger partial charge in [-0.3, -0.25) is 0 Å². The molecule has 0 aliphatic carbocycles. The molecule has 86 valence electrons. The maximum absolute atomic E-state index is 11.1. The van der Waals surface area contributed by atoms with Crippen molar-refractivity contribution in [3.63, 3.8) is 0 Å². The van der Waals surface area contributed by atoms with Crippen LogP contribution in [0.25, 0.3) is 17.4 Å². The van der Waals surface area contributed by atoms with E-state index in [2.05, 4.69) is 4.74 Å². The average Bonchev–Trinajstić information content (AvgIpc) is 2.90. The van der Waals surface area contributed by atoms with Gasteiger partial charge in [0.05, 0.1) is 13.4 Å². The maximum atomic E-state index is 11.1. The monoisotopic (exact) mass is 228 g/mol. The Balaban J connectivity index is 2.35. The van der Waals surface area contributed by atoms with Gasteiger partial charge in [-0.15, -0.1) is 0 Å². The first-order valence-electron chi connectivity index (χ1n) is 5.20. The summed E-state index contributed by atoms with van der Waals surface area (Å²) in [5, 5.41) is 0. The van der Waals surface area contributed by atoms with E-state index in [1.54, 1.807) is 12.3 Å². The van der Waals surface area contributed by atoms with E-state index < -0.39 is 0 Å². The van der Waals surface area contributed by atoms with E-state index in [4.69, 9.17) is 4.42 Å². The van der Waals surface area contributed by atoms with Crippen molar-refractivity contribution in [1.82, 2.24) is 0 Å². The summed E-state index contributed by atoms with van der Waals surface area (Å²) in [5.41, 5.74) is 1.85. The van der Waals surface area contributed by atoms with Crippen LogP contribution in [0.3, 0.4) is 0 Å². The van der Waals surface area contributed by atoms with Crippen LogP contribution in [0.4, 0.5) is 0 Å². The second kappa shape index (κ2) is 5.16. The van der Waals surface area contributed by atoms with Crippen LogP contribution in [0, 0.1) is 0 Å². The Morgan fingerprint density at radius 2 is 2.06 bits per heavy atom. The van der Waals surface area contributed by atoms with E-state index in [1.165, 1.54) is 13.2 Å². The number of carbonyl (C=O) groups excluding carboxylic acids is 1. The van der Waals surface area contributed by atoms with Gasteiger partial charge in [0, 0.05) is 11.6 Å². The van der Waals surface area contributed by atoms with Crippen molar-refractivity contribution in [2.45, 2.75) is 0 Å². The molecule has 17 heavy (non-hydrogen) atoms. The molecule has 0 N–H and O–H groups in total. The lowest BCUT2D eigenvalue weighted by Crippen LogP contribution is -1.93. The molecule has 1 aromatic carbocycles. The zero-order valence-corrected chi connectivity index (χ0v) is 9.42. The predicted octanol–water partition coefficient (Wildman–Crippen LogP) is 3.13. The first-order valence-corrected chi connectivity index (χ1v) is 5.20. The summed E-state index contributed by atoms with van der Waals surface area (Å²) < 4.78 is 9.90. The highest BCUT2D eigenvalue weighted by Gasteiger charge is 2.04. The Kier molecular flexibility index (Phi) is 3.40. The fourth-order valence-electron chi connectivity index (χ4n) is 1.52. The average molecular weight is 228 g/mol. The van der Waals surface area contributed by atoms with Crippen molar-refractivity contribution in [2.75, 3.05) is 7.11 Å². The molecular formula is C14H12O3. The summed E-state index contributed by atoms with van der Waals surface area (Å²) in [6.45, 7) is 0. The van der Waals surface area contributed by atoms with E-state index in [0.29, 0.717) is 0 Å². The summed E-state index contributed by atoms with van der Waals surface area (Å²) in [7, 11) is 1.35. The molecular weight excluding hydrogens is 216 g/mol. The number of rotatable bonds is 3. The molecule has 0 spiro atoms. The molecule has 0 radical (unpaired) electrons. The van der Waals surface area contributed by atoms with E-state index in [-0.39, 0.29) is 5.97 Å². The Labute approximate surface area is 99.3 Å². The molecule has 3 heteroatoms. The van der Waals surface area contributed by atoms with Crippen LogP contribution in [0.5, 0.6) is 0 Å². The maximum Gasteiger partial charge on any atom is 0.330 e. The molecule has 0 amide bonds. The van der Waals surface area contributed by atoms with Crippen molar-refractivity contribution in [3.8, 4) is 11.3 Å². The molecule has 0 fully saturated rings. The Hall–Kier alpha value is -2.29. The highest BCUT2D eigenvalue weighted by atomic mass is 16.5. The quantitative estimate of drug-likeness (QED) is 0.598. The van der Waals surface area contributed by atoms with E-state index in [9.17, 15) is 4.79 Å². The van der Waals surface area contributed by atoms with E-state index in [0.717, 1.165) is 16.9 Å². The molecule has 2 aromatic rings. The van der Waals surface area contributed by atoms with Crippen LogP contribution < -0.4 is 0 Å². The lowest BCUT2D eigenvalue weighted by Gasteiger charge is -2.02. The standard InChI is InChI=1S/C14H12O3/c1-16-14(15)9-8-11-5-2-3-6-12(11)13-7-4-10-17-13/h2-10H,1H3. The molecule has 0 bridgehead atoms. The van der Waals surface area contributed by atoms with Crippen molar-refractivity contribution >= 4 is 12.0 Å². The summed E-state index contributed by atoms with van der Waals surface area (Å²) >= 11 is 0. The largest absolute Gasteiger partial charge is 0.466 e. The van der Waals surface area contributed by atoms with Gasteiger partial charge in [-0.05, 0) is 23.8 Å². The third-order valence-corrected chi connectivity index (χ3v) is 2.35. The van der Waals surface area contributed by atoms with Gasteiger partial charge >= 0.3 is 5.97 Å². The number of ether oxygens (including phenoxy) is 1. The summed E-state index contributed by atoms with van der Waals surface area (Å²) in [6, 6.07) is 11.4. The molecule has 1 heterocycles. The second-order valence-corrected chi connectivity index (χ2v) is 3.42. The number of esters is 1. The number of furan rings is 1.